The second kappa shape index (κ2) is 22.6. The number of likely N-dealkylation sites (tertiary alicyclic amines) is 2. The quantitative estimate of drug-likeness (QED) is 0.0711. The summed E-state index contributed by atoms with van der Waals surface area (Å²) in [6, 6.07) is 18.5. The number of phenols is 1. The van der Waals surface area contributed by atoms with Gasteiger partial charge in [0.2, 0.25) is 11.8 Å². The molecule has 14 rings (SSSR count). The van der Waals surface area contributed by atoms with Crippen LogP contribution in [0.4, 0.5) is 20.8 Å². The molecule has 20 nitrogen and oxygen atoms in total. The van der Waals surface area contributed by atoms with E-state index in [2.05, 4.69) is 42.4 Å². The number of amides is 3. The Morgan fingerprint density at radius 1 is 0.954 bits per heavy atom. The third-order valence-electron chi connectivity index (χ3n) is 19.8. The van der Waals surface area contributed by atoms with Crippen LogP contribution >= 0.6 is 11.3 Å². The minimum absolute atomic E-state index is 0.00809. The number of pyridine rings is 1. The second-order valence-electron chi connectivity index (χ2n) is 26.0. The smallest absolute Gasteiger partial charge is 0.409 e. The molecule has 3 amide bonds. The fourth-order valence-corrected chi connectivity index (χ4v) is 16.2. The Labute approximate surface area is 508 Å². The predicted molar refractivity (Wildman–Crippen MR) is 327 cm³/mol. The molecule has 7 fully saturated rings. The summed E-state index contributed by atoms with van der Waals surface area (Å²) < 4.78 is 36.0. The summed E-state index contributed by atoms with van der Waals surface area (Å²) in [6.45, 7) is 15.1. The van der Waals surface area contributed by atoms with Crippen molar-refractivity contribution in [3.63, 3.8) is 0 Å². The zero-order valence-electron chi connectivity index (χ0n) is 49.9. The molecule has 0 radical (unpaired) electrons. The molecule has 7 aliphatic heterocycles. The van der Waals surface area contributed by atoms with E-state index in [1.54, 1.807) is 34.6 Å². The number of benzene rings is 3. The van der Waals surface area contributed by atoms with E-state index in [1.807, 2.05) is 81.7 Å². The van der Waals surface area contributed by atoms with E-state index in [0.29, 0.717) is 73.2 Å². The summed E-state index contributed by atoms with van der Waals surface area (Å²) in [5.41, 5.74) is 6.10. The molecule has 7 aromatic rings. The zero-order valence-corrected chi connectivity index (χ0v) is 50.7. The highest BCUT2D eigenvalue weighted by Gasteiger charge is 2.56. The molecule has 4 aromatic heterocycles. The number of fused-ring (bicyclic) bond motifs is 5. The Bertz CT molecular complexity index is 3780. The number of aromatic nitrogens is 5. The van der Waals surface area contributed by atoms with Gasteiger partial charge in [-0.15, -0.1) is 11.3 Å². The Hall–Kier alpha value is -7.53. The number of hydrogen-bond acceptors (Lipinski definition) is 18. The Kier molecular flexibility index (Phi) is 14.8. The summed E-state index contributed by atoms with van der Waals surface area (Å²) in [5.74, 6) is -0.506. The number of aliphatic hydroxyl groups excluding tert-OH is 1. The number of piperazine rings is 1. The van der Waals surface area contributed by atoms with E-state index in [4.69, 9.17) is 28.9 Å². The molecule has 0 aliphatic carbocycles. The van der Waals surface area contributed by atoms with Crippen LogP contribution < -0.4 is 25.2 Å². The molecule has 8 atom stereocenters. The summed E-state index contributed by atoms with van der Waals surface area (Å²) in [7, 11) is 0. The minimum Gasteiger partial charge on any atom is -0.508 e. The number of nitrogens with zero attached hydrogens (tertiary/aromatic N) is 10. The molecule has 11 heterocycles. The number of anilines is 2. The number of β-amino-alcohol motifs (C(OH)–C–C–N with tert-alkyl or cyclic N) is 1. The number of nitrogens with one attached hydrogen (secondary N) is 2. The number of phenolic OH excluding ortho intramolecular Hbond substituents is 1. The van der Waals surface area contributed by atoms with Crippen LogP contribution in [0, 0.1) is 24.1 Å². The van der Waals surface area contributed by atoms with Gasteiger partial charge in [0.15, 0.2) is 17.4 Å². The lowest BCUT2D eigenvalue weighted by atomic mass is 9.73. The van der Waals surface area contributed by atoms with Crippen LogP contribution in [0.15, 0.2) is 76.9 Å². The van der Waals surface area contributed by atoms with Crippen molar-refractivity contribution in [2.24, 2.45) is 11.3 Å². The number of aryl methyl sites for hydroxylation is 2. The molecular weight excluding hydrogens is 1130 g/mol. The van der Waals surface area contributed by atoms with Gasteiger partial charge in [0.25, 0.3) is 0 Å². The van der Waals surface area contributed by atoms with E-state index in [-0.39, 0.29) is 89.4 Å². The number of carbonyl (C=O) groups is 3. The van der Waals surface area contributed by atoms with Crippen LogP contribution in [0.3, 0.4) is 0 Å². The van der Waals surface area contributed by atoms with Gasteiger partial charge in [-0.2, -0.15) is 9.97 Å². The van der Waals surface area contributed by atoms with Gasteiger partial charge in [0.05, 0.1) is 39.2 Å². The summed E-state index contributed by atoms with van der Waals surface area (Å²) >= 11 is 1.58. The van der Waals surface area contributed by atoms with Crippen molar-refractivity contribution in [1.82, 2.24) is 50.4 Å². The number of ether oxygens (including phenoxy) is 2. The van der Waals surface area contributed by atoms with Crippen molar-refractivity contribution in [2.45, 2.75) is 134 Å². The number of aromatic hydroxyl groups is 1. The Morgan fingerprint density at radius 3 is 2.49 bits per heavy atom. The van der Waals surface area contributed by atoms with Crippen molar-refractivity contribution >= 4 is 62.6 Å². The zero-order chi connectivity index (χ0) is 60.0. The molecule has 0 saturated carbocycles. The van der Waals surface area contributed by atoms with Gasteiger partial charge in [-0.05, 0) is 111 Å². The SMILES string of the molecule is CCc1cccc2cc(O)cc(-c3ncc4c(N5CC6CCC(C5)N6)nc(OC[C@@]56CCCN5[C@H](COC(=O)N5CC7(C5)CN(c5cc([C@H](C(=O)N8C[C@H](O)C[C@H]8C(=O)N[C@@H](C)c8ccc(-c9scnc9C)cc8)C(C)C)on5)C7)CC6)nc4c3F)c12. The highest BCUT2D eigenvalue weighted by atomic mass is 32.1. The predicted octanol–water partition coefficient (Wildman–Crippen LogP) is 8.53. The Morgan fingerprint density at radius 2 is 1.75 bits per heavy atom. The topological polar surface area (TPSA) is 228 Å². The van der Waals surface area contributed by atoms with Crippen LogP contribution in [0.25, 0.3) is 43.4 Å². The number of carbonyl (C=O) groups excluding carboxylic acids is 3. The molecule has 2 bridgehead atoms. The fraction of sp³-hybridized carbons (Fsp3) is 0.508. The monoisotopic (exact) mass is 1200 g/mol. The number of rotatable bonds is 16. The maximum atomic E-state index is 17.4. The highest BCUT2D eigenvalue weighted by molar-refractivity contribution is 7.13. The maximum absolute atomic E-state index is 17.4. The average molecular weight is 1200 g/mol. The van der Waals surface area contributed by atoms with Gasteiger partial charge in [0, 0.05) is 93.6 Å². The van der Waals surface area contributed by atoms with Gasteiger partial charge < -0.3 is 54.4 Å². The van der Waals surface area contributed by atoms with Gasteiger partial charge in [-0.25, -0.2) is 14.2 Å². The number of hydrogen-bond donors (Lipinski definition) is 4. The van der Waals surface area contributed by atoms with Crippen LogP contribution in [0.5, 0.6) is 11.8 Å². The lowest BCUT2D eigenvalue weighted by molar-refractivity contribution is -0.141. The molecule has 7 aliphatic rings. The van der Waals surface area contributed by atoms with E-state index < -0.39 is 23.9 Å². The van der Waals surface area contributed by atoms with Crippen molar-refractivity contribution in [3.05, 3.63) is 101 Å². The van der Waals surface area contributed by atoms with Gasteiger partial charge in [-0.3, -0.25) is 19.5 Å². The minimum atomic E-state index is -0.851. The van der Waals surface area contributed by atoms with Gasteiger partial charge in [-0.1, -0.05) is 68.4 Å². The lowest BCUT2D eigenvalue weighted by Gasteiger charge is -2.59. The van der Waals surface area contributed by atoms with E-state index in [0.717, 1.165) is 103 Å². The molecule has 2 unspecified atom stereocenters. The van der Waals surface area contributed by atoms with Gasteiger partial charge >= 0.3 is 12.1 Å². The van der Waals surface area contributed by atoms with Crippen LogP contribution in [-0.4, -0.2) is 169 Å². The molecule has 456 valence electrons. The molecule has 4 N–H and O–H groups in total. The fourth-order valence-electron chi connectivity index (χ4n) is 15.4. The van der Waals surface area contributed by atoms with E-state index in [1.165, 1.54) is 4.90 Å². The molecule has 1 spiro atoms. The number of thiazole rings is 1. The van der Waals surface area contributed by atoms with Gasteiger partial charge in [0.1, 0.15) is 48.0 Å². The third kappa shape index (κ3) is 10.5. The number of halogens is 1. The van der Waals surface area contributed by atoms with Crippen LogP contribution in [-0.2, 0) is 20.7 Å². The molecule has 22 heteroatoms. The van der Waals surface area contributed by atoms with Crippen molar-refractivity contribution < 1.29 is 43.0 Å². The molecule has 3 aromatic carbocycles. The first-order chi connectivity index (χ1) is 42.0. The normalized spacial score (nSPS) is 24.7. The Balaban J connectivity index is 0.590. The highest BCUT2D eigenvalue weighted by Crippen LogP contribution is 2.46. The molecule has 7 saturated heterocycles. The third-order valence-corrected chi connectivity index (χ3v) is 20.8. The summed E-state index contributed by atoms with van der Waals surface area (Å²) in [6.07, 6.45) is 6.98. The van der Waals surface area contributed by atoms with Crippen molar-refractivity contribution in [1.29, 1.82) is 0 Å². The van der Waals surface area contributed by atoms with Crippen LogP contribution in [0.1, 0.15) is 107 Å². The first kappa shape index (κ1) is 57.2. The maximum Gasteiger partial charge on any atom is 0.409 e. The van der Waals surface area contributed by atoms with Crippen LogP contribution in [0.2, 0.25) is 0 Å². The number of aliphatic hydroxyl groups is 1. The lowest BCUT2D eigenvalue weighted by Crippen LogP contribution is -2.73. The standard InChI is InChI=1S/C65H75FN12O8S/c1-6-39-9-7-10-42-21-46(79)22-48(54(39)42)56-55(66)57-49(25-67-56)59(74-26-43-15-16-44(27-74)70-43)72-62(71-57)85-34-65-18-8-20-78(65)45(17-19-65)29-84-63(83)76-32-64(33-76)30-75(31-64)52-24-51(86-73-52)53(36(2)3)61(82)77-28-47(80)23-50(77)60(81)69-37(4)40-11-13-41(14-12-40)58-38(5)68-35-87-58/h7,9-14,21-22,24-25,35-37,43-45,47,50,53,70,79-80H,6,8,15-20,23,26-34H2,1-5H3,(H,69,81)/t37-,43?,44?,45-,47+,50-,53+,65-/m0/s1. The van der Waals surface area contributed by atoms with Crippen molar-refractivity contribution in [3.8, 4) is 33.5 Å². The molecular formula is C65H75FN12O8S. The van der Waals surface area contributed by atoms with E-state index in [9.17, 15) is 24.6 Å². The molecule has 87 heavy (non-hydrogen) atoms. The van der Waals surface area contributed by atoms with Crippen molar-refractivity contribution in [2.75, 3.05) is 75.4 Å². The average Bonchev–Trinajstić information content (AvgIpc) is 1.12. The summed E-state index contributed by atoms with van der Waals surface area (Å²) in [4.78, 5) is 72.0. The first-order valence-electron chi connectivity index (χ1n) is 31.0. The first-order valence-corrected chi connectivity index (χ1v) is 31.9. The summed E-state index contributed by atoms with van der Waals surface area (Å²) in [5, 5.41) is 35.0. The second-order valence-corrected chi connectivity index (χ2v) is 26.9. The largest absolute Gasteiger partial charge is 0.508 e. The van der Waals surface area contributed by atoms with E-state index >= 15 is 4.39 Å².